The maximum atomic E-state index is 13.3. The minimum atomic E-state index is -0.813. The second kappa shape index (κ2) is 9.58. The van der Waals surface area contributed by atoms with Crippen LogP contribution in [-0.2, 0) is 17.7 Å². The number of fused-ring (bicyclic) bond motifs is 1. The Bertz CT molecular complexity index is 1290. The molecule has 2 heterocycles. The van der Waals surface area contributed by atoms with Gasteiger partial charge in [0.25, 0.3) is 0 Å². The summed E-state index contributed by atoms with van der Waals surface area (Å²) in [5.41, 5.74) is 5.09. The van der Waals surface area contributed by atoms with E-state index in [-0.39, 0.29) is 18.4 Å². The van der Waals surface area contributed by atoms with Crippen molar-refractivity contribution in [1.82, 2.24) is 20.9 Å². The van der Waals surface area contributed by atoms with Crippen molar-refractivity contribution in [2.45, 2.75) is 31.2 Å². The molecule has 1 aliphatic rings. The number of amides is 1. The molecule has 1 amide bonds. The predicted octanol–water partition coefficient (Wildman–Crippen LogP) is 3.20. The first-order valence-corrected chi connectivity index (χ1v) is 11.0. The molecule has 34 heavy (non-hydrogen) atoms. The van der Waals surface area contributed by atoms with E-state index in [0.717, 1.165) is 16.7 Å². The molecule has 1 aliphatic heterocycles. The van der Waals surface area contributed by atoms with E-state index in [1.54, 1.807) is 12.1 Å². The zero-order chi connectivity index (χ0) is 23.5. The lowest BCUT2D eigenvalue weighted by Gasteiger charge is -2.22. The third kappa shape index (κ3) is 4.90. The van der Waals surface area contributed by atoms with Crippen LogP contribution in [0.25, 0.3) is 22.2 Å². The molecule has 1 unspecified atom stereocenters. The van der Waals surface area contributed by atoms with Gasteiger partial charge in [-0.25, -0.2) is 13.8 Å². The van der Waals surface area contributed by atoms with Crippen molar-refractivity contribution < 1.29 is 23.7 Å². The molecule has 9 heteroatoms. The van der Waals surface area contributed by atoms with Crippen LogP contribution in [0.3, 0.4) is 0 Å². The highest BCUT2D eigenvalue weighted by molar-refractivity contribution is 5.80. The summed E-state index contributed by atoms with van der Waals surface area (Å²) in [5.74, 6) is -0.370. The number of hydrogen-bond acceptors (Lipinski definition) is 7. The summed E-state index contributed by atoms with van der Waals surface area (Å²) in [6.07, 6.45) is -1.60. The number of β-amino-alcohol motifs (C(OH)–C–C–N with tert-alkyl or cyclic N) is 1. The van der Waals surface area contributed by atoms with Gasteiger partial charge in [-0.2, -0.15) is 0 Å². The molecule has 5 rings (SSSR count). The number of aliphatic hydroxyl groups excluding tert-OH is 1. The number of hydrogen-bond donors (Lipinski definition) is 3. The lowest BCUT2D eigenvalue weighted by molar-refractivity contribution is 0.0188. The Morgan fingerprint density at radius 1 is 1.06 bits per heavy atom. The molecule has 0 aliphatic carbocycles. The SMILES string of the molecule is O=C(NCc1cccc(F)c1)O[C@@H]1C(O)CN[C@@H]1Cc1ccc(-c2ccc3nonc3c2)cc1. The topological polar surface area (TPSA) is 110 Å². The number of nitrogens with one attached hydrogen (secondary N) is 2. The van der Waals surface area contributed by atoms with Crippen LogP contribution < -0.4 is 10.6 Å². The molecule has 1 fully saturated rings. The number of aliphatic hydroxyl groups is 1. The maximum absolute atomic E-state index is 13.3. The van der Waals surface area contributed by atoms with Gasteiger partial charge in [0.15, 0.2) is 0 Å². The monoisotopic (exact) mass is 462 g/mol. The minimum absolute atomic E-state index is 0.134. The van der Waals surface area contributed by atoms with Crippen molar-refractivity contribution in [2.24, 2.45) is 0 Å². The lowest BCUT2D eigenvalue weighted by atomic mass is 9.98. The van der Waals surface area contributed by atoms with E-state index < -0.39 is 18.3 Å². The van der Waals surface area contributed by atoms with Crippen LogP contribution in [0, 0.1) is 5.82 Å². The highest BCUT2D eigenvalue weighted by Gasteiger charge is 2.37. The zero-order valence-corrected chi connectivity index (χ0v) is 18.1. The first kappa shape index (κ1) is 22.0. The molecule has 0 bridgehead atoms. The molecule has 3 atom stereocenters. The standard InChI is InChI=1S/C25H23FN4O4/c26-19-3-1-2-16(10-19)13-28-25(32)33-24-22(27-14-23(24)31)11-15-4-6-17(7-5-15)18-8-9-20-21(12-18)30-34-29-20/h1-10,12,22-24,27,31H,11,13-14H2,(H,28,32)/t22-,23?,24+/m1/s1. The van der Waals surface area contributed by atoms with Gasteiger partial charge < -0.3 is 20.5 Å². The van der Waals surface area contributed by atoms with Gasteiger partial charge in [-0.15, -0.1) is 0 Å². The van der Waals surface area contributed by atoms with Crippen LogP contribution >= 0.6 is 0 Å². The summed E-state index contributed by atoms with van der Waals surface area (Å²) in [6.45, 7) is 0.464. The van der Waals surface area contributed by atoms with Gasteiger partial charge in [-0.05, 0) is 63.3 Å². The summed E-state index contributed by atoms with van der Waals surface area (Å²) >= 11 is 0. The molecule has 0 saturated carbocycles. The second-order valence-corrected chi connectivity index (χ2v) is 8.30. The lowest BCUT2D eigenvalue weighted by Crippen LogP contribution is -2.41. The highest BCUT2D eigenvalue weighted by atomic mass is 19.1. The predicted molar refractivity (Wildman–Crippen MR) is 122 cm³/mol. The third-order valence-corrected chi connectivity index (χ3v) is 5.93. The first-order valence-electron chi connectivity index (χ1n) is 11.0. The maximum Gasteiger partial charge on any atom is 0.407 e. The number of rotatable bonds is 6. The fourth-order valence-corrected chi connectivity index (χ4v) is 4.16. The number of aromatic nitrogens is 2. The Morgan fingerprint density at radius 2 is 1.85 bits per heavy atom. The summed E-state index contributed by atoms with van der Waals surface area (Å²) in [6, 6.07) is 19.5. The average Bonchev–Trinajstić information content (AvgIpc) is 3.45. The van der Waals surface area contributed by atoms with Gasteiger partial charge in [0, 0.05) is 13.1 Å². The smallest absolute Gasteiger partial charge is 0.407 e. The minimum Gasteiger partial charge on any atom is -0.442 e. The van der Waals surface area contributed by atoms with Gasteiger partial charge in [0.1, 0.15) is 29.1 Å². The molecule has 0 spiro atoms. The Hall–Kier alpha value is -3.82. The Labute approximate surface area is 194 Å². The Kier molecular flexibility index (Phi) is 6.20. The van der Waals surface area contributed by atoms with Gasteiger partial charge in [0.05, 0.1) is 6.04 Å². The van der Waals surface area contributed by atoms with Gasteiger partial charge >= 0.3 is 6.09 Å². The van der Waals surface area contributed by atoms with E-state index in [1.165, 1.54) is 12.1 Å². The fraction of sp³-hybridized carbons (Fsp3) is 0.240. The summed E-state index contributed by atoms with van der Waals surface area (Å²) < 4.78 is 23.6. The molecule has 4 aromatic rings. The van der Waals surface area contributed by atoms with Crippen LogP contribution in [0.4, 0.5) is 9.18 Å². The van der Waals surface area contributed by atoms with E-state index in [2.05, 4.69) is 20.9 Å². The number of carbonyl (C=O) groups is 1. The molecule has 1 aromatic heterocycles. The number of alkyl carbamates (subject to hydrolysis) is 1. The van der Waals surface area contributed by atoms with Gasteiger partial charge in [-0.1, -0.05) is 42.5 Å². The molecule has 174 valence electrons. The molecule has 1 saturated heterocycles. The fourth-order valence-electron chi connectivity index (χ4n) is 4.16. The van der Waals surface area contributed by atoms with Crippen molar-refractivity contribution in [3.05, 3.63) is 83.7 Å². The summed E-state index contributed by atoms with van der Waals surface area (Å²) in [7, 11) is 0. The summed E-state index contributed by atoms with van der Waals surface area (Å²) in [4.78, 5) is 12.3. The zero-order valence-electron chi connectivity index (χ0n) is 18.1. The van der Waals surface area contributed by atoms with Crippen molar-refractivity contribution >= 4 is 17.1 Å². The van der Waals surface area contributed by atoms with Crippen LogP contribution in [-0.4, -0.2) is 46.3 Å². The quantitative estimate of drug-likeness (QED) is 0.404. The van der Waals surface area contributed by atoms with Crippen molar-refractivity contribution in [1.29, 1.82) is 0 Å². The highest BCUT2D eigenvalue weighted by Crippen LogP contribution is 2.24. The number of nitrogens with zero attached hydrogens (tertiary/aromatic N) is 2. The van der Waals surface area contributed by atoms with E-state index in [9.17, 15) is 14.3 Å². The van der Waals surface area contributed by atoms with Gasteiger partial charge in [-0.3, -0.25) is 0 Å². The first-order chi connectivity index (χ1) is 16.5. The van der Waals surface area contributed by atoms with Gasteiger partial charge in [0.2, 0.25) is 0 Å². The molecule has 0 radical (unpaired) electrons. The molecular formula is C25H23FN4O4. The largest absolute Gasteiger partial charge is 0.442 e. The van der Waals surface area contributed by atoms with E-state index in [0.29, 0.717) is 29.6 Å². The Balaban J connectivity index is 1.20. The molecule has 3 N–H and O–H groups in total. The number of ether oxygens (including phenoxy) is 1. The average molecular weight is 462 g/mol. The van der Waals surface area contributed by atoms with Crippen LogP contribution in [0.5, 0.6) is 0 Å². The van der Waals surface area contributed by atoms with Crippen molar-refractivity contribution in [2.75, 3.05) is 6.54 Å². The van der Waals surface area contributed by atoms with E-state index >= 15 is 0 Å². The number of halogens is 1. The molecule has 8 nitrogen and oxygen atoms in total. The normalized spacial score (nSPS) is 19.9. The third-order valence-electron chi connectivity index (χ3n) is 5.93. The molecule has 3 aromatic carbocycles. The van der Waals surface area contributed by atoms with E-state index in [1.807, 2.05) is 42.5 Å². The van der Waals surface area contributed by atoms with Crippen molar-refractivity contribution in [3.8, 4) is 11.1 Å². The Morgan fingerprint density at radius 3 is 2.68 bits per heavy atom. The van der Waals surface area contributed by atoms with Crippen LogP contribution in [0.1, 0.15) is 11.1 Å². The second-order valence-electron chi connectivity index (χ2n) is 8.30. The summed E-state index contributed by atoms with van der Waals surface area (Å²) in [5, 5.41) is 23.9. The van der Waals surface area contributed by atoms with Crippen molar-refractivity contribution in [3.63, 3.8) is 0 Å². The number of carbonyl (C=O) groups excluding carboxylic acids is 1. The number of benzene rings is 3. The molecular weight excluding hydrogens is 439 g/mol. The van der Waals surface area contributed by atoms with Crippen LogP contribution in [0.2, 0.25) is 0 Å². The van der Waals surface area contributed by atoms with E-state index in [4.69, 9.17) is 9.37 Å². The van der Waals surface area contributed by atoms with Crippen LogP contribution in [0.15, 0.2) is 71.4 Å².